The fourth-order valence-corrected chi connectivity index (χ4v) is 2.70. The number of benzene rings is 1. The van der Waals surface area contributed by atoms with Crippen LogP contribution in [0.1, 0.15) is 48.9 Å². The molecule has 0 spiro atoms. The van der Waals surface area contributed by atoms with Gasteiger partial charge in [-0.2, -0.15) is 0 Å². The summed E-state index contributed by atoms with van der Waals surface area (Å²) in [5.74, 6) is -1.89. The van der Waals surface area contributed by atoms with E-state index >= 15 is 0 Å². The molecule has 3 nitrogen and oxygen atoms in total. The van der Waals surface area contributed by atoms with Crippen LogP contribution in [-0.2, 0) is 0 Å². The van der Waals surface area contributed by atoms with Gasteiger partial charge in [-0.25, -0.2) is 8.78 Å². The lowest BCUT2D eigenvalue weighted by molar-refractivity contribution is 0.0949. The summed E-state index contributed by atoms with van der Waals surface area (Å²) in [6.07, 6.45) is 7.44. The van der Waals surface area contributed by atoms with Crippen LogP contribution in [0.2, 0.25) is 0 Å². The van der Waals surface area contributed by atoms with Gasteiger partial charge in [0.1, 0.15) is 11.6 Å². The summed E-state index contributed by atoms with van der Waals surface area (Å²) in [6, 6.07) is 3.40. The predicted molar refractivity (Wildman–Crippen MR) is 78.2 cm³/mol. The van der Waals surface area contributed by atoms with Crippen molar-refractivity contribution in [3.8, 4) is 0 Å². The molecule has 1 fully saturated rings. The van der Waals surface area contributed by atoms with Gasteiger partial charge in [-0.15, -0.1) is 0 Å². The Kier molecular flexibility index (Phi) is 6.11. The van der Waals surface area contributed by atoms with Crippen LogP contribution in [0, 0.1) is 11.6 Å². The molecular formula is C16H22F2N2O. The zero-order valence-electron chi connectivity index (χ0n) is 12.1. The second-order valence-corrected chi connectivity index (χ2v) is 5.52. The Labute approximate surface area is 124 Å². The van der Waals surface area contributed by atoms with Gasteiger partial charge in [0.25, 0.3) is 5.91 Å². The molecule has 5 heteroatoms. The average Bonchev–Trinajstić information content (AvgIpc) is 2.74. The van der Waals surface area contributed by atoms with Crippen molar-refractivity contribution in [3.63, 3.8) is 0 Å². The van der Waals surface area contributed by atoms with Gasteiger partial charge < -0.3 is 10.6 Å². The summed E-state index contributed by atoms with van der Waals surface area (Å²) in [4.78, 5) is 11.8. The summed E-state index contributed by atoms with van der Waals surface area (Å²) in [6.45, 7) is 1.05. The SMILES string of the molecule is O=C(NCCNC1CCCCCC1)c1cc(F)ccc1F. The van der Waals surface area contributed by atoms with Crippen LogP contribution in [0.5, 0.6) is 0 Å². The molecule has 1 amide bonds. The third-order valence-corrected chi connectivity index (χ3v) is 3.87. The van der Waals surface area contributed by atoms with E-state index in [0.717, 1.165) is 18.2 Å². The first-order valence-electron chi connectivity index (χ1n) is 7.63. The number of hydrogen-bond acceptors (Lipinski definition) is 2. The van der Waals surface area contributed by atoms with E-state index in [1.165, 1.54) is 38.5 Å². The maximum atomic E-state index is 13.4. The second-order valence-electron chi connectivity index (χ2n) is 5.52. The van der Waals surface area contributed by atoms with Crippen molar-refractivity contribution in [2.24, 2.45) is 0 Å². The van der Waals surface area contributed by atoms with Crippen LogP contribution in [0.4, 0.5) is 8.78 Å². The summed E-state index contributed by atoms with van der Waals surface area (Å²) in [5, 5.41) is 6.03. The highest BCUT2D eigenvalue weighted by Crippen LogP contribution is 2.16. The molecule has 0 bridgehead atoms. The van der Waals surface area contributed by atoms with E-state index in [9.17, 15) is 13.6 Å². The van der Waals surface area contributed by atoms with Crippen LogP contribution < -0.4 is 10.6 Å². The largest absolute Gasteiger partial charge is 0.351 e. The Bertz CT molecular complexity index is 471. The van der Waals surface area contributed by atoms with Gasteiger partial charge >= 0.3 is 0 Å². The molecule has 1 saturated carbocycles. The van der Waals surface area contributed by atoms with Gasteiger partial charge in [0.2, 0.25) is 0 Å². The molecule has 0 atom stereocenters. The van der Waals surface area contributed by atoms with E-state index in [4.69, 9.17) is 0 Å². The maximum absolute atomic E-state index is 13.4. The van der Waals surface area contributed by atoms with Crippen LogP contribution in [0.3, 0.4) is 0 Å². The quantitative estimate of drug-likeness (QED) is 0.648. The Morgan fingerprint density at radius 1 is 1.10 bits per heavy atom. The Hall–Kier alpha value is -1.49. The molecule has 0 heterocycles. The number of hydrogen-bond donors (Lipinski definition) is 2. The standard InChI is InChI=1S/C16H22F2N2O/c17-12-7-8-15(18)14(11-12)16(21)20-10-9-19-13-5-3-1-2-4-6-13/h7-8,11,13,19H,1-6,9-10H2,(H,20,21). The first-order chi connectivity index (χ1) is 10.2. The van der Waals surface area contributed by atoms with E-state index in [-0.39, 0.29) is 5.56 Å². The van der Waals surface area contributed by atoms with Crippen LogP contribution in [-0.4, -0.2) is 25.0 Å². The molecule has 0 saturated heterocycles. The van der Waals surface area contributed by atoms with Crippen molar-refractivity contribution in [1.82, 2.24) is 10.6 Å². The van der Waals surface area contributed by atoms with Crippen LogP contribution in [0.15, 0.2) is 18.2 Å². The second kappa shape index (κ2) is 8.08. The molecule has 1 aromatic carbocycles. The van der Waals surface area contributed by atoms with Crippen molar-refractivity contribution < 1.29 is 13.6 Å². The Morgan fingerprint density at radius 2 is 1.81 bits per heavy atom. The lowest BCUT2D eigenvalue weighted by Crippen LogP contribution is -2.37. The van der Waals surface area contributed by atoms with Crippen molar-refractivity contribution in [3.05, 3.63) is 35.4 Å². The summed E-state index contributed by atoms with van der Waals surface area (Å²) in [7, 11) is 0. The molecule has 116 valence electrons. The maximum Gasteiger partial charge on any atom is 0.254 e. The van der Waals surface area contributed by atoms with Crippen molar-refractivity contribution in [2.45, 2.75) is 44.6 Å². The summed E-state index contributed by atoms with van der Waals surface area (Å²) >= 11 is 0. The minimum absolute atomic E-state index is 0.246. The van der Waals surface area contributed by atoms with Crippen LogP contribution in [0.25, 0.3) is 0 Å². The predicted octanol–water partition coefficient (Wildman–Crippen LogP) is 3.01. The molecule has 0 aliphatic heterocycles. The minimum Gasteiger partial charge on any atom is -0.351 e. The number of carbonyl (C=O) groups excluding carboxylic acids is 1. The zero-order valence-corrected chi connectivity index (χ0v) is 12.1. The van der Waals surface area contributed by atoms with E-state index in [1.54, 1.807) is 0 Å². The highest BCUT2D eigenvalue weighted by Gasteiger charge is 2.13. The smallest absolute Gasteiger partial charge is 0.254 e. The fraction of sp³-hybridized carbons (Fsp3) is 0.562. The van der Waals surface area contributed by atoms with Crippen molar-refractivity contribution in [1.29, 1.82) is 0 Å². The monoisotopic (exact) mass is 296 g/mol. The Balaban J connectivity index is 1.72. The molecular weight excluding hydrogens is 274 g/mol. The number of amides is 1. The number of carbonyl (C=O) groups is 1. The van der Waals surface area contributed by atoms with Crippen molar-refractivity contribution >= 4 is 5.91 Å². The summed E-state index contributed by atoms with van der Waals surface area (Å²) in [5.41, 5.74) is -0.246. The normalized spacial score (nSPS) is 16.5. The molecule has 1 aromatic rings. The van der Waals surface area contributed by atoms with E-state index < -0.39 is 17.5 Å². The van der Waals surface area contributed by atoms with Gasteiger partial charge in [0.15, 0.2) is 0 Å². The highest BCUT2D eigenvalue weighted by molar-refractivity contribution is 5.94. The molecule has 1 aliphatic rings. The third-order valence-electron chi connectivity index (χ3n) is 3.87. The third kappa shape index (κ3) is 5.08. The summed E-state index contributed by atoms with van der Waals surface area (Å²) < 4.78 is 26.4. The van der Waals surface area contributed by atoms with Gasteiger partial charge in [-0.1, -0.05) is 25.7 Å². The van der Waals surface area contributed by atoms with E-state index in [2.05, 4.69) is 10.6 Å². The average molecular weight is 296 g/mol. The molecule has 0 aromatic heterocycles. The highest BCUT2D eigenvalue weighted by atomic mass is 19.1. The fourth-order valence-electron chi connectivity index (χ4n) is 2.70. The number of halogens is 2. The molecule has 0 unspecified atom stereocenters. The van der Waals surface area contributed by atoms with Gasteiger partial charge in [0, 0.05) is 19.1 Å². The molecule has 21 heavy (non-hydrogen) atoms. The minimum atomic E-state index is -0.703. The lowest BCUT2D eigenvalue weighted by Gasteiger charge is -2.16. The van der Waals surface area contributed by atoms with Gasteiger partial charge in [0.05, 0.1) is 5.56 Å². The first-order valence-corrected chi connectivity index (χ1v) is 7.63. The number of rotatable bonds is 5. The van der Waals surface area contributed by atoms with E-state index in [0.29, 0.717) is 19.1 Å². The molecule has 1 aliphatic carbocycles. The molecule has 2 N–H and O–H groups in total. The van der Waals surface area contributed by atoms with Gasteiger partial charge in [-0.05, 0) is 31.0 Å². The number of nitrogens with one attached hydrogen (secondary N) is 2. The zero-order chi connectivity index (χ0) is 15.1. The van der Waals surface area contributed by atoms with Crippen molar-refractivity contribution in [2.75, 3.05) is 13.1 Å². The van der Waals surface area contributed by atoms with Crippen LogP contribution >= 0.6 is 0 Å². The Morgan fingerprint density at radius 3 is 2.52 bits per heavy atom. The van der Waals surface area contributed by atoms with Gasteiger partial charge in [-0.3, -0.25) is 4.79 Å². The van der Waals surface area contributed by atoms with E-state index in [1.807, 2.05) is 0 Å². The first kappa shape index (κ1) is 15.9. The lowest BCUT2D eigenvalue weighted by atomic mass is 10.1. The topological polar surface area (TPSA) is 41.1 Å². The molecule has 2 rings (SSSR count). The molecule has 0 radical (unpaired) electrons.